The number of H-pyrrole nitrogens is 1. The maximum absolute atomic E-state index is 11.7. The summed E-state index contributed by atoms with van der Waals surface area (Å²) in [6.07, 6.45) is 1.69. The van der Waals surface area contributed by atoms with Crippen molar-refractivity contribution >= 4 is 32.7 Å². The highest BCUT2D eigenvalue weighted by Gasteiger charge is 2.06. The van der Waals surface area contributed by atoms with Gasteiger partial charge < -0.3 is 5.32 Å². The van der Waals surface area contributed by atoms with Gasteiger partial charge >= 0.3 is 0 Å². The molecule has 0 bridgehead atoms. The first-order chi connectivity index (χ1) is 7.66. The molecule has 1 amide bonds. The first-order valence-corrected chi connectivity index (χ1v) is 5.51. The van der Waals surface area contributed by atoms with Crippen LogP contribution < -0.4 is 5.32 Å². The van der Waals surface area contributed by atoms with Crippen LogP contribution in [-0.2, 0) is 0 Å². The summed E-state index contributed by atoms with van der Waals surface area (Å²) >= 11 is 3.18. The van der Waals surface area contributed by atoms with E-state index >= 15 is 0 Å². The van der Waals surface area contributed by atoms with E-state index in [1.165, 1.54) is 0 Å². The van der Waals surface area contributed by atoms with Gasteiger partial charge in [0.1, 0.15) is 0 Å². The fourth-order valence-electron chi connectivity index (χ4n) is 1.36. The molecule has 2 aromatic rings. The van der Waals surface area contributed by atoms with Crippen LogP contribution in [0, 0.1) is 0 Å². The number of rotatable bonds is 3. The molecule has 0 unspecified atom stereocenters. The number of carbonyl (C=O) groups excluding carboxylic acids is 1. The van der Waals surface area contributed by atoms with E-state index in [9.17, 15) is 4.79 Å². The molecule has 0 fully saturated rings. The number of aromatic amines is 1. The second kappa shape index (κ2) is 4.49. The van der Waals surface area contributed by atoms with E-state index in [1.54, 1.807) is 18.3 Å². The summed E-state index contributed by atoms with van der Waals surface area (Å²) in [6.45, 7) is 4.07. The van der Waals surface area contributed by atoms with Crippen LogP contribution in [-0.4, -0.2) is 22.6 Å². The first kappa shape index (κ1) is 10.9. The van der Waals surface area contributed by atoms with Gasteiger partial charge in [-0.05, 0) is 18.2 Å². The molecule has 0 atom stereocenters. The number of carbonyl (C=O) groups is 1. The Morgan fingerprint density at radius 3 is 3.12 bits per heavy atom. The van der Waals surface area contributed by atoms with Crippen LogP contribution in [0.2, 0.25) is 0 Å². The van der Waals surface area contributed by atoms with Gasteiger partial charge in [0.05, 0.1) is 11.7 Å². The Morgan fingerprint density at radius 1 is 1.56 bits per heavy atom. The number of aromatic nitrogens is 2. The third kappa shape index (κ3) is 2.30. The van der Waals surface area contributed by atoms with Crippen LogP contribution in [0.15, 0.2) is 35.5 Å². The lowest BCUT2D eigenvalue weighted by Gasteiger charge is -2.03. The molecule has 5 heteroatoms. The van der Waals surface area contributed by atoms with Crippen molar-refractivity contribution in [2.24, 2.45) is 0 Å². The third-order valence-corrected chi connectivity index (χ3v) is 2.42. The summed E-state index contributed by atoms with van der Waals surface area (Å²) in [4.78, 5) is 11.7. The normalized spacial score (nSPS) is 10.3. The van der Waals surface area contributed by atoms with Gasteiger partial charge in [-0.15, -0.1) is 0 Å². The molecule has 1 heterocycles. The molecule has 0 aliphatic carbocycles. The highest BCUT2D eigenvalue weighted by atomic mass is 79.9. The Hall–Kier alpha value is -1.62. The van der Waals surface area contributed by atoms with Crippen LogP contribution in [0.5, 0.6) is 0 Å². The van der Waals surface area contributed by atoms with Crippen molar-refractivity contribution in [3.8, 4) is 0 Å². The third-order valence-electron chi connectivity index (χ3n) is 2.14. The predicted octanol–water partition coefficient (Wildman–Crippen LogP) is 2.20. The second-order valence-electron chi connectivity index (χ2n) is 3.37. The van der Waals surface area contributed by atoms with Crippen molar-refractivity contribution in [1.82, 2.24) is 15.5 Å². The number of hydrogen-bond donors (Lipinski definition) is 2. The fraction of sp³-hybridized carbons (Fsp3) is 0.0909. The number of hydrogen-bond acceptors (Lipinski definition) is 2. The zero-order valence-electron chi connectivity index (χ0n) is 8.46. The van der Waals surface area contributed by atoms with Gasteiger partial charge in [0.25, 0.3) is 5.91 Å². The minimum absolute atomic E-state index is 0.122. The van der Waals surface area contributed by atoms with Crippen LogP contribution in [0.4, 0.5) is 0 Å². The van der Waals surface area contributed by atoms with Gasteiger partial charge in [-0.2, -0.15) is 5.10 Å². The van der Waals surface area contributed by atoms with Crippen molar-refractivity contribution in [1.29, 1.82) is 0 Å². The van der Waals surface area contributed by atoms with Crippen LogP contribution in [0.1, 0.15) is 10.4 Å². The Balaban J connectivity index is 2.19. The van der Waals surface area contributed by atoms with E-state index in [2.05, 4.69) is 38.0 Å². The average molecular weight is 280 g/mol. The molecular weight excluding hydrogens is 270 g/mol. The molecule has 4 nitrogen and oxygen atoms in total. The number of amides is 1. The predicted molar refractivity (Wildman–Crippen MR) is 66.5 cm³/mol. The molecule has 2 rings (SSSR count). The van der Waals surface area contributed by atoms with Gasteiger partial charge in [0.15, 0.2) is 0 Å². The largest absolute Gasteiger partial charge is 0.347 e. The first-order valence-electron chi connectivity index (χ1n) is 4.71. The SMILES string of the molecule is C=C(Br)CNC(=O)c1ccc2[nH]ncc2c1. The maximum atomic E-state index is 11.7. The standard InChI is InChI=1S/C11H10BrN3O/c1-7(12)5-13-11(16)8-2-3-10-9(4-8)6-14-15-10/h2-4,6H,1,5H2,(H,13,16)(H,14,15). The Kier molecular flexibility index (Phi) is 3.05. The van der Waals surface area contributed by atoms with Crippen molar-refractivity contribution in [2.45, 2.75) is 0 Å². The molecule has 1 aromatic carbocycles. The summed E-state index contributed by atoms with van der Waals surface area (Å²) in [6, 6.07) is 5.39. The summed E-state index contributed by atoms with van der Waals surface area (Å²) in [5.41, 5.74) is 1.53. The minimum Gasteiger partial charge on any atom is -0.347 e. The second-order valence-corrected chi connectivity index (χ2v) is 4.49. The molecule has 2 N–H and O–H groups in total. The van der Waals surface area contributed by atoms with E-state index in [0.29, 0.717) is 12.1 Å². The summed E-state index contributed by atoms with van der Waals surface area (Å²) in [7, 11) is 0. The Bertz CT molecular complexity index is 547. The monoisotopic (exact) mass is 279 g/mol. The topological polar surface area (TPSA) is 57.8 Å². The number of nitrogens with zero attached hydrogens (tertiary/aromatic N) is 1. The molecule has 0 aliphatic rings. The van der Waals surface area contributed by atoms with E-state index < -0.39 is 0 Å². The van der Waals surface area contributed by atoms with E-state index in [1.807, 2.05) is 6.07 Å². The zero-order valence-corrected chi connectivity index (χ0v) is 10.0. The molecule has 0 saturated heterocycles. The van der Waals surface area contributed by atoms with Gasteiger partial charge in [0, 0.05) is 22.0 Å². The molecule has 0 aliphatic heterocycles. The van der Waals surface area contributed by atoms with Gasteiger partial charge in [-0.1, -0.05) is 22.5 Å². The number of fused-ring (bicyclic) bond motifs is 1. The lowest BCUT2D eigenvalue weighted by atomic mass is 10.1. The molecule has 0 saturated carbocycles. The van der Waals surface area contributed by atoms with Gasteiger partial charge in [-0.25, -0.2) is 0 Å². The highest BCUT2D eigenvalue weighted by molar-refractivity contribution is 9.11. The fourth-order valence-corrected chi connectivity index (χ4v) is 1.50. The van der Waals surface area contributed by atoms with E-state index in [0.717, 1.165) is 15.4 Å². The lowest BCUT2D eigenvalue weighted by molar-refractivity contribution is 0.0958. The van der Waals surface area contributed by atoms with Crippen LogP contribution in [0.25, 0.3) is 10.9 Å². The summed E-state index contributed by atoms with van der Waals surface area (Å²) < 4.78 is 0.741. The maximum Gasteiger partial charge on any atom is 0.251 e. The number of nitrogens with one attached hydrogen (secondary N) is 2. The van der Waals surface area contributed by atoms with Crippen molar-refractivity contribution in [3.63, 3.8) is 0 Å². The molecule has 16 heavy (non-hydrogen) atoms. The number of halogens is 1. The quantitative estimate of drug-likeness (QED) is 0.905. The average Bonchev–Trinajstić information content (AvgIpc) is 2.72. The summed E-state index contributed by atoms with van der Waals surface area (Å²) in [5, 5.41) is 10.4. The highest BCUT2D eigenvalue weighted by Crippen LogP contribution is 2.12. The van der Waals surface area contributed by atoms with Crippen molar-refractivity contribution in [3.05, 3.63) is 41.0 Å². The zero-order chi connectivity index (χ0) is 11.5. The molecule has 1 aromatic heterocycles. The molecule has 0 radical (unpaired) electrons. The van der Waals surface area contributed by atoms with E-state index in [4.69, 9.17) is 0 Å². The van der Waals surface area contributed by atoms with Gasteiger partial charge in [-0.3, -0.25) is 9.89 Å². The van der Waals surface area contributed by atoms with E-state index in [-0.39, 0.29) is 5.91 Å². The smallest absolute Gasteiger partial charge is 0.251 e. The van der Waals surface area contributed by atoms with Crippen LogP contribution in [0.3, 0.4) is 0 Å². The van der Waals surface area contributed by atoms with Crippen molar-refractivity contribution < 1.29 is 4.79 Å². The van der Waals surface area contributed by atoms with Crippen molar-refractivity contribution in [2.75, 3.05) is 6.54 Å². The molecule has 82 valence electrons. The Labute approximate surface area is 101 Å². The lowest BCUT2D eigenvalue weighted by Crippen LogP contribution is -2.24. The summed E-state index contributed by atoms with van der Waals surface area (Å²) in [5.74, 6) is -0.122. The van der Waals surface area contributed by atoms with Gasteiger partial charge in [0.2, 0.25) is 0 Å². The number of benzene rings is 1. The molecule has 0 spiro atoms. The minimum atomic E-state index is -0.122. The van der Waals surface area contributed by atoms with Crippen LogP contribution >= 0.6 is 15.9 Å². The molecular formula is C11H10BrN3O. The Morgan fingerprint density at radius 2 is 2.38 bits per heavy atom.